The van der Waals surface area contributed by atoms with Crippen LogP contribution >= 0.6 is 11.3 Å². The summed E-state index contributed by atoms with van der Waals surface area (Å²) in [5.41, 5.74) is 6.93. The van der Waals surface area contributed by atoms with Crippen molar-refractivity contribution in [1.82, 2.24) is 9.97 Å². The molecular weight excluding hydrogens is 761 g/mol. The molecular formula is C40H42IrN2SSi-2. The van der Waals surface area contributed by atoms with Crippen molar-refractivity contribution in [3.8, 4) is 22.5 Å². The van der Waals surface area contributed by atoms with Crippen LogP contribution in [0.2, 0.25) is 19.6 Å². The van der Waals surface area contributed by atoms with E-state index in [0.29, 0.717) is 11.8 Å². The largest absolute Gasteiger partial charge is 0.304 e. The van der Waals surface area contributed by atoms with E-state index in [4.69, 9.17) is 4.98 Å². The smallest absolute Gasteiger partial charge is 0.0783 e. The number of nitrogens with zero attached hydrogens (tertiary/aromatic N) is 2. The summed E-state index contributed by atoms with van der Waals surface area (Å²) < 4.78 is 2.71. The van der Waals surface area contributed by atoms with Gasteiger partial charge in [-0.3, -0.25) is 0 Å². The average Bonchev–Trinajstić information content (AvgIpc) is 3.45. The zero-order valence-electron chi connectivity index (χ0n) is 27.0. The van der Waals surface area contributed by atoms with Crippen LogP contribution in [0.1, 0.15) is 68.9 Å². The first-order chi connectivity index (χ1) is 21.3. The minimum atomic E-state index is -1.42. The first kappa shape index (κ1) is 33.4. The monoisotopic (exact) mass is 803 g/mol. The molecule has 0 bridgehead atoms. The number of pyridine rings is 2. The van der Waals surface area contributed by atoms with E-state index in [2.05, 4.69) is 111 Å². The first-order valence-corrected chi connectivity index (χ1v) is 20.4. The van der Waals surface area contributed by atoms with E-state index in [0.717, 1.165) is 22.5 Å². The molecule has 1 aliphatic carbocycles. The molecule has 1 radical (unpaired) electrons. The minimum absolute atomic E-state index is 0. The Morgan fingerprint density at radius 3 is 2.20 bits per heavy atom. The van der Waals surface area contributed by atoms with Gasteiger partial charge in [0.05, 0.1) is 8.07 Å². The van der Waals surface area contributed by atoms with Gasteiger partial charge in [-0.15, -0.1) is 59.7 Å². The van der Waals surface area contributed by atoms with Crippen molar-refractivity contribution in [3.05, 3.63) is 115 Å². The van der Waals surface area contributed by atoms with Gasteiger partial charge in [-0.05, 0) is 63.3 Å². The van der Waals surface area contributed by atoms with E-state index in [9.17, 15) is 0 Å². The summed E-state index contributed by atoms with van der Waals surface area (Å²) in [6.45, 7) is 11.7. The van der Waals surface area contributed by atoms with Gasteiger partial charge >= 0.3 is 0 Å². The van der Waals surface area contributed by atoms with Gasteiger partial charge in [0.25, 0.3) is 0 Å². The van der Waals surface area contributed by atoms with E-state index in [-0.39, 0.29) is 20.1 Å². The van der Waals surface area contributed by atoms with Gasteiger partial charge in [-0.2, -0.15) is 11.3 Å². The Hall–Kier alpha value is -2.95. The molecule has 0 atom stereocenters. The zero-order valence-corrected chi connectivity index (χ0v) is 31.2. The molecule has 1 fully saturated rings. The summed E-state index contributed by atoms with van der Waals surface area (Å²) in [5, 5.41) is 4.38. The van der Waals surface area contributed by atoms with Gasteiger partial charge in [0.2, 0.25) is 0 Å². The molecule has 1 aliphatic rings. The summed E-state index contributed by atoms with van der Waals surface area (Å²) in [6, 6.07) is 34.5. The van der Waals surface area contributed by atoms with Crippen LogP contribution < -0.4 is 5.19 Å². The van der Waals surface area contributed by atoms with Crippen molar-refractivity contribution in [2.45, 2.75) is 77.4 Å². The van der Waals surface area contributed by atoms with Crippen LogP contribution in [0.5, 0.6) is 0 Å². The fraction of sp³-hybridized carbons (Fsp3) is 0.300. The molecule has 7 rings (SSSR count). The quantitative estimate of drug-likeness (QED) is 0.128. The van der Waals surface area contributed by atoms with Gasteiger partial charge < -0.3 is 9.97 Å². The number of hydrogen-bond acceptors (Lipinski definition) is 3. The van der Waals surface area contributed by atoms with Crippen molar-refractivity contribution in [2.24, 2.45) is 0 Å². The number of benzene rings is 3. The number of thiophene rings is 1. The fourth-order valence-corrected chi connectivity index (χ4v) is 9.24. The molecule has 3 aromatic carbocycles. The fourth-order valence-electron chi connectivity index (χ4n) is 6.30. The molecule has 233 valence electrons. The summed E-state index contributed by atoms with van der Waals surface area (Å²) >= 11 is 1.90. The summed E-state index contributed by atoms with van der Waals surface area (Å²) in [4.78, 5) is 9.34. The Morgan fingerprint density at radius 2 is 1.56 bits per heavy atom. The van der Waals surface area contributed by atoms with Crippen LogP contribution in [-0.4, -0.2) is 18.0 Å². The molecule has 5 heteroatoms. The van der Waals surface area contributed by atoms with E-state index < -0.39 is 8.07 Å². The topological polar surface area (TPSA) is 25.8 Å². The Labute approximate surface area is 287 Å². The SMILES string of the molecule is CC(C)c1ccc(-c2[c-]cccc2)nc1.C[Si](C)(C)c1cccc2sc3c(-c4ccc(C5CCCCC5)cn4)[c-]ccc3c12.[Ir]. The first-order valence-electron chi connectivity index (χ1n) is 16.1. The molecule has 1 saturated carbocycles. The van der Waals surface area contributed by atoms with Crippen molar-refractivity contribution < 1.29 is 20.1 Å². The third kappa shape index (κ3) is 7.55. The van der Waals surface area contributed by atoms with E-state index >= 15 is 0 Å². The second kappa shape index (κ2) is 14.6. The van der Waals surface area contributed by atoms with Crippen LogP contribution in [0, 0.1) is 12.1 Å². The molecule has 3 heterocycles. The maximum absolute atomic E-state index is 4.90. The Morgan fingerprint density at radius 1 is 0.778 bits per heavy atom. The van der Waals surface area contributed by atoms with Gasteiger partial charge in [0.15, 0.2) is 0 Å². The van der Waals surface area contributed by atoms with Crippen LogP contribution in [0.15, 0.2) is 91.3 Å². The van der Waals surface area contributed by atoms with Crippen LogP contribution in [0.4, 0.5) is 0 Å². The molecule has 0 aliphatic heterocycles. The molecule has 0 N–H and O–H groups in total. The van der Waals surface area contributed by atoms with Crippen LogP contribution in [0.25, 0.3) is 42.7 Å². The standard InChI is InChI=1S/C26H28NSSi.C14H14N.Ir/c1-29(2,3)24-14-8-13-23-25(24)21-12-7-11-20(26(21)28-23)22-16-15-19(17-27-22)18-9-5-4-6-10-18;1-11(2)13-8-9-14(15-10-13)12-6-4-3-5-7-12;/h7-8,12-18H,4-6,9-10H2,1-3H3;3-6,8-11H,1-2H3;/q2*-1;. The van der Waals surface area contributed by atoms with Crippen molar-refractivity contribution in [2.75, 3.05) is 0 Å². The number of aromatic nitrogens is 2. The molecule has 3 aromatic heterocycles. The number of hydrogen-bond donors (Lipinski definition) is 0. The minimum Gasteiger partial charge on any atom is -0.304 e. The summed E-state index contributed by atoms with van der Waals surface area (Å²) in [6.07, 6.45) is 10.8. The second-order valence-corrected chi connectivity index (χ2v) is 19.4. The van der Waals surface area contributed by atoms with Crippen molar-refractivity contribution in [3.63, 3.8) is 0 Å². The number of rotatable bonds is 5. The predicted octanol–water partition coefficient (Wildman–Crippen LogP) is 11.2. The van der Waals surface area contributed by atoms with E-state index in [1.807, 2.05) is 41.8 Å². The summed E-state index contributed by atoms with van der Waals surface area (Å²) in [7, 11) is -1.42. The van der Waals surface area contributed by atoms with E-state index in [1.54, 1.807) is 5.19 Å². The zero-order chi connectivity index (χ0) is 30.7. The molecule has 45 heavy (non-hydrogen) atoms. The maximum atomic E-state index is 4.90. The molecule has 0 unspecified atom stereocenters. The van der Waals surface area contributed by atoms with Crippen LogP contribution in [0.3, 0.4) is 0 Å². The van der Waals surface area contributed by atoms with E-state index in [1.165, 1.54) is 63.4 Å². The van der Waals surface area contributed by atoms with Gasteiger partial charge in [-0.1, -0.05) is 99.7 Å². The Bertz CT molecular complexity index is 1830. The average molecular weight is 803 g/mol. The van der Waals surface area contributed by atoms with Gasteiger partial charge in [0.1, 0.15) is 0 Å². The number of fused-ring (bicyclic) bond motifs is 3. The van der Waals surface area contributed by atoms with Crippen molar-refractivity contribution in [1.29, 1.82) is 0 Å². The van der Waals surface area contributed by atoms with Crippen LogP contribution in [-0.2, 0) is 20.1 Å². The Kier molecular flexibility index (Phi) is 10.9. The third-order valence-electron chi connectivity index (χ3n) is 8.82. The van der Waals surface area contributed by atoms with Crippen molar-refractivity contribution >= 4 is 44.8 Å². The normalized spacial score (nSPS) is 13.8. The molecule has 0 saturated heterocycles. The summed E-state index contributed by atoms with van der Waals surface area (Å²) in [5.74, 6) is 1.24. The molecule has 2 nitrogen and oxygen atoms in total. The van der Waals surface area contributed by atoms with Gasteiger partial charge in [0, 0.05) is 37.2 Å². The third-order valence-corrected chi connectivity index (χ3v) is 12.0. The van der Waals surface area contributed by atoms with Gasteiger partial charge in [-0.25, -0.2) is 0 Å². The second-order valence-electron chi connectivity index (χ2n) is 13.3. The molecule has 0 spiro atoms. The Balaban J connectivity index is 0.000000212. The molecule has 6 aromatic rings. The maximum Gasteiger partial charge on any atom is 0.0783 e. The molecule has 0 amide bonds. The predicted molar refractivity (Wildman–Crippen MR) is 193 cm³/mol.